The molecule has 0 saturated heterocycles. The Bertz CT molecular complexity index is 1360. The van der Waals surface area contributed by atoms with Crippen LogP contribution in [0.25, 0.3) is 0 Å². The summed E-state index contributed by atoms with van der Waals surface area (Å²) in [5.74, 6) is -0.976. The van der Waals surface area contributed by atoms with Gasteiger partial charge in [0.2, 0.25) is 0 Å². The fourth-order valence-electron chi connectivity index (χ4n) is 7.56. The zero-order valence-electron chi connectivity index (χ0n) is 44.3. The molecule has 0 saturated carbocycles. The third-order valence-electron chi connectivity index (χ3n) is 11.8. The Morgan fingerprint density at radius 2 is 0.588 bits per heavy atom. The number of hydrogen-bond acceptors (Lipinski definition) is 6. The van der Waals surface area contributed by atoms with Crippen LogP contribution in [0.5, 0.6) is 0 Å². The van der Waals surface area contributed by atoms with Crippen molar-refractivity contribution in [3.63, 3.8) is 0 Å². The fourth-order valence-corrected chi connectivity index (χ4v) is 7.56. The molecule has 0 heterocycles. The van der Waals surface area contributed by atoms with E-state index in [4.69, 9.17) is 14.2 Å². The number of hydrogen-bond donors (Lipinski definition) is 0. The Labute approximate surface area is 419 Å². The highest BCUT2D eigenvalue weighted by atomic mass is 16.6. The number of rotatable bonds is 50. The molecule has 6 heteroatoms. The molecule has 68 heavy (non-hydrogen) atoms. The van der Waals surface area contributed by atoms with Crippen molar-refractivity contribution < 1.29 is 28.6 Å². The fraction of sp³-hybridized carbons (Fsp3) is 0.694. The van der Waals surface area contributed by atoms with E-state index >= 15 is 0 Å². The van der Waals surface area contributed by atoms with Crippen LogP contribution in [-0.4, -0.2) is 37.2 Å². The van der Waals surface area contributed by atoms with Crippen LogP contribution in [0.1, 0.15) is 258 Å². The monoisotopic (exact) mass is 945 g/mol. The summed E-state index contributed by atoms with van der Waals surface area (Å²) in [5.41, 5.74) is 0. The molecule has 0 aliphatic heterocycles. The highest BCUT2D eigenvalue weighted by molar-refractivity contribution is 5.71. The van der Waals surface area contributed by atoms with Gasteiger partial charge >= 0.3 is 17.9 Å². The van der Waals surface area contributed by atoms with Gasteiger partial charge < -0.3 is 14.2 Å². The standard InChI is InChI=1S/C62H104O6/c1-4-7-10-13-16-19-22-25-28-31-34-37-40-43-46-49-52-55-61(64)67-58-59(57-66-60(63)54-51-48-45-42-39-36-33-30-27-24-21-18-15-12-9-6-3)68-62(65)56-53-50-47-44-41-38-35-32-29-26-23-20-17-14-11-8-5-2/h9,12,17-18,20-21,25-30,34,37,43,46,59H,4-8,10-11,13-16,19,22-24,31-33,35-36,38-42,44-45,47-58H2,1-3H3/b12-9-,20-17-,21-18-,28-25-,29-26-,30-27-,37-34-,46-43-. The Hall–Kier alpha value is -3.67. The van der Waals surface area contributed by atoms with Crippen molar-refractivity contribution in [1.82, 2.24) is 0 Å². The van der Waals surface area contributed by atoms with Crippen LogP contribution < -0.4 is 0 Å². The third kappa shape index (κ3) is 53.3. The van der Waals surface area contributed by atoms with Crippen molar-refractivity contribution in [3.8, 4) is 0 Å². The normalized spacial score (nSPS) is 12.8. The molecule has 0 N–H and O–H groups in total. The lowest BCUT2D eigenvalue weighted by Crippen LogP contribution is -2.30. The van der Waals surface area contributed by atoms with Crippen molar-refractivity contribution in [2.45, 2.75) is 264 Å². The zero-order chi connectivity index (χ0) is 49.3. The second-order valence-electron chi connectivity index (χ2n) is 18.5. The van der Waals surface area contributed by atoms with Gasteiger partial charge in [0, 0.05) is 19.3 Å². The third-order valence-corrected chi connectivity index (χ3v) is 11.8. The van der Waals surface area contributed by atoms with Crippen LogP contribution >= 0.6 is 0 Å². The van der Waals surface area contributed by atoms with E-state index in [1.807, 2.05) is 0 Å². The number of esters is 3. The maximum atomic E-state index is 12.8. The van der Waals surface area contributed by atoms with Crippen LogP contribution in [0.15, 0.2) is 97.2 Å². The van der Waals surface area contributed by atoms with Gasteiger partial charge in [0.05, 0.1) is 0 Å². The van der Waals surface area contributed by atoms with Gasteiger partial charge in [-0.1, -0.05) is 221 Å². The summed E-state index contributed by atoms with van der Waals surface area (Å²) in [6.07, 6.45) is 73.9. The summed E-state index contributed by atoms with van der Waals surface area (Å²) >= 11 is 0. The molecule has 0 radical (unpaired) electrons. The molecule has 0 spiro atoms. The van der Waals surface area contributed by atoms with E-state index in [-0.39, 0.29) is 37.5 Å². The molecule has 0 rings (SSSR count). The molecule has 1 atom stereocenters. The van der Waals surface area contributed by atoms with Gasteiger partial charge in [-0.3, -0.25) is 14.4 Å². The molecule has 6 nitrogen and oxygen atoms in total. The van der Waals surface area contributed by atoms with Crippen LogP contribution in [0, 0.1) is 0 Å². The van der Waals surface area contributed by atoms with Crippen LogP contribution in [0.2, 0.25) is 0 Å². The van der Waals surface area contributed by atoms with E-state index in [1.165, 1.54) is 109 Å². The molecule has 0 aliphatic rings. The average Bonchev–Trinajstić information content (AvgIpc) is 3.34. The van der Waals surface area contributed by atoms with Crippen molar-refractivity contribution in [3.05, 3.63) is 97.2 Å². The first kappa shape index (κ1) is 64.3. The molecule has 0 aliphatic carbocycles. The van der Waals surface area contributed by atoms with Gasteiger partial charge in [0.15, 0.2) is 6.10 Å². The molecule has 388 valence electrons. The van der Waals surface area contributed by atoms with Gasteiger partial charge in [-0.2, -0.15) is 0 Å². The minimum atomic E-state index is -0.809. The minimum absolute atomic E-state index is 0.104. The first-order valence-corrected chi connectivity index (χ1v) is 28.2. The van der Waals surface area contributed by atoms with Gasteiger partial charge in [0.25, 0.3) is 0 Å². The lowest BCUT2D eigenvalue weighted by Gasteiger charge is -2.18. The predicted octanol–water partition coefficient (Wildman–Crippen LogP) is 18.9. The maximum Gasteiger partial charge on any atom is 0.306 e. The Kier molecular flexibility index (Phi) is 52.9. The Morgan fingerprint density at radius 1 is 0.309 bits per heavy atom. The number of carbonyl (C=O) groups is 3. The summed E-state index contributed by atoms with van der Waals surface area (Å²) in [6, 6.07) is 0. The molecule has 0 bridgehead atoms. The maximum absolute atomic E-state index is 12.8. The summed E-state index contributed by atoms with van der Waals surface area (Å²) in [7, 11) is 0. The summed E-state index contributed by atoms with van der Waals surface area (Å²) in [5, 5.41) is 0. The highest BCUT2D eigenvalue weighted by Crippen LogP contribution is 2.14. The topological polar surface area (TPSA) is 78.9 Å². The van der Waals surface area contributed by atoms with Gasteiger partial charge in [0.1, 0.15) is 13.2 Å². The minimum Gasteiger partial charge on any atom is -0.462 e. The molecule has 0 aromatic rings. The number of allylic oxidation sites excluding steroid dienone is 16. The lowest BCUT2D eigenvalue weighted by molar-refractivity contribution is -0.167. The molecular weight excluding hydrogens is 841 g/mol. The molecule has 0 aromatic heterocycles. The van der Waals surface area contributed by atoms with Gasteiger partial charge in [-0.15, -0.1) is 0 Å². The largest absolute Gasteiger partial charge is 0.462 e. The first-order valence-electron chi connectivity index (χ1n) is 28.2. The van der Waals surface area contributed by atoms with Crippen molar-refractivity contribution >= 4 is 17.9 Å². The van der Waals surface area contributed by atoms with Crippen LogP contribution in [-0.2, 0) is 28.6 Å². The van der Waals surface area contributed by atoms with E-state index in [2.05, 4.69) is 118 Å². The number of ether oxygens (including phenoxy) is 3. The summed E-state index contributed by atoms with van der Waals surface area (Å²) in [4.78, 5) is 38.1. The smallest absolute Gasteiger partial charge is 0.306 e. The summed E-state index contributed by atoms with van der Waals surface area (Å²) < 4.78 is 16.8. The first-order chi connectivity index (χ1) is 33.5. The second-order valence-corrected chi connectivity index (χ2v) is 18.5. The van der Waals surface area contributed by atoms with E-state index in [9.17, 15) is 14.4 Å². The van der Waals surface area contributed by atoms with E-state index < -0.39 is 6.10 Å². The average molecular weight is 946 g/mol. The highest BCUT2D eigenvalue weighted by Gasteiger charge is 2.19. The van der Waals surface area contributed by atoms with Crippen molar-refractivity contribution in [2.75, 3.05) is 13.2 Å². The lowest BCUT2D eigenvalue weighted by atomic mass is 10.1. The SMILES string of the molecule is CC/C=C\C/C=C\C/C=C\CCCCCCCCC(=O)OCC(COC(=O)CCC/C=C\C/C=C\C/C=C\CCCCCCCC)OC(=O)CCCCCCCCC/C=C\C/C=C\CCCCC. The Morgan fingerprint density at radius 3 is 0.985 bits per heavy atom. The molecule has 0 amide bonds. The molecular formula is C62H104O6. The number of unbranched alkanes of at least 4 members (excludes halogenated alkanes) is 23. The number of carbonyl (C=O) groups excluding carboxylic acids is 3. The van der Waals surface area contributed by atoms with E-state index in [0.717, 1.165) is 103 Å². The van der Waals surface area contributed by atoms with Gasteiger partial charge in [-0.25, -0.2) is 0 Å². The Balaban J connectivity index is 4.50. The van der Waals surface area contributed by atoms with Crippen LogP contribution in [0.4, 0.5) is 0 Å². The van der Waals surface area contributed by atoms with E-state index in [1.54, 1.807) is 0 Å². The molecule has 0 aromatic carbocycles. The van der Waals surface area contributed by atoms with Crippen molar-refractivity contribution in [2.24, 2.45) is 0 Å². The predicted molar refractivity (Wildman–Crippen MR) is 293 cm³/mol. The summed E-state index contributed by atoms with van der Waals surface area (Å²) in [6.45, 7) is 6.44. The van der Waals surface area contributed by atoms with Crippen molar-refractivity contribution in [1.29, 1.82) is 0 Å². The molecule has 0 fully saturated rings. The molecule has 1 unspecified atom stereocenters. The zero-order valence-corrected chi connectivity index (χ0v) is 44.3. The van der Waals surface area contributed by atoms with E-state index in [0.29, 0.717) is 19.3 Å². The van der Waals surface area contributed by atoms with Crippen LogP contribution in [0.3, 0.4) is 0 Å². The van der Waals surface area contributed by atoms with Gasteiger partial charge in [-0.05, 0) is 116 Å². The quantitative estimate of drug-likeness (QED) is 0.0262. The second kappa shape index (κ2) is 55.9.